The second-order valence-electron chi connectivity index (χ2n) is 7.01. The molecule has 0 unspecified atom stereocenters. The summed E-state index contributed by atoms with van der Waals surface area (Å²) in [5, 5.41) is 2.67. The zero-order valence-electron chi connectivity index (χ0n) is 18.1. The summed E-state index contributed by atoms with van der Waals surface area (Å²) in [4.78, 5) is 43.3. The number of carbonyl (C=O) groups excluding carboxylic acids is 3. The third-order valence-corrected chi connectivity index (χ3v) is 4.78. The van der Waals surface area contributed by atoms with Crippen molar-refractivity contribution in [1.82, 2.24) is 10.3 Å². The summed E-state index contributed by atoms with van der Waals surface area (Å²) < 4.78 is 10.3. The molecule has 8 heteroatoms. The fraction of sp³-hybridized carbons (Fsp3) is 0.391. The van der Waals surface area contributed by atoms with Crippen LogP contribution in [0, 0.1) is 5.92 Å². The Balaban J connectivity index is 2.17. The van der Waals surface area contributed by atoms with Crippen molar-refractivity contribution >= 4 is 23.7 Å². The van der Waals surface area contributed by atoms with Gasteiger partial charge in [-0.15, -0.1) is 0 Å². The smallest absolute Gasteiger partial charge is 0.408 e. The number of amides is 2. The molecule has 0 fully saturated rings. The van der Waals surface area contributed by atoms with Crippen molar-refractivity contribution in [2.24, 2.45) is 5.92 Å². The Hall–Kier alpha value is -3.42. The minimum Gasteiger partial charge on any atom is -0.465 e. The van der Waals surface area contributed by atoms with E-state index in [1.165, 1.54) is 11.1 Å². The topological polar surface area (TPSA) is 97.8 Å². The van der Waals surface area contributed by atoms with Crippen LogP contribution in [0.15, 0.2) is 54.9 Å². The molecule has 2 atom stereocenters. The number of rotatable bonds is 10. The van der Waals surface area contributed by atoms with E-state index in [0.29, 0.717) is 12.1 Å². The number of carbonyl (C=O) groups is 3. The van der Waals surface area contributed by atoms with Crippen molar-refractivity contribution in [3.63, 3.8) is 0 Å². The van der Waals surface area contributed by atoms with Crippen LogP contribution >= 0.6 is 0 Å². The Labute approximate surface area is 182 Å². The summed E-state index contributed by atoms with van der Waals surface area (Å²) in [6, 6.07) is 11.7. The first-order chi connectivity index (χ1) is 15.0. The normalized spacial score (nSPS) is 12.4. The molecule has 1 heterocycles. The van der Waals surface area contributed by atoms with Gasteiger partial charge in [0.15, 0.2) is 0 Å². The Kier molecular flexibility index (Phi) is 9.48. The van der Waals surface area contributed by atoms with Gasteiger partial charge in [-0.05, 0) is 30.5 Å². The number of hydrogen-bond acceptors (Lipinski definition) is 6. The third kappa shape index (κ3) is 7.40. The lowest BCUT2D eigenvalue weighted by Gasteiger charge is -2.29. The molecule has 0 spiro atoms. The average Bonchev–Trinajstić information content (AvgIpc) is 2.80. The fourth-order valence-corrected chi connectivity index (χ4v) is 2.89. The summed E-state index contributed by atoms with van der Waals surface area (Å²) in [5.74, 6) is -1.18. The molecule has 1 aromatic heterocycles. The SMILES string of the molecule is CCOC(=O)CN(C(=O)[C@@H](NC(=O)OCc1ccccc1)[C@@H](C)CC)c1cccnc1. The zero-order valence-corrected chi connectivity index (χ0v) is 18.1. The highest BCUT2D eigenvalue weighted by Gasteiger charge is 2.32. The Bertz CT molecular complexity index is 845. The molecule has 0 saturated heterocycles. The molecule has 0 saturated carbocycles. The average molecular weight is 428 g/mol. The molecule has 0 aliphatic heterocycles. The number of alkyl carbamates (subject to hydrolysis) is 1. The number of hydrogen-bond donors (Lipinski definition) is 1. The van der Waals surface area contributed by atoms with E-state index in [2.05, 4.69) is 10.3 Å². The molecule has 0 radical (unpaired) electrons. The van der Waals surface area contributed by atoms with Gasteiger partial charge in [0.2, 0.25) is 0 Å². The van der Waals surface area contributed by atoms with Crippen LogP contribution in [0.5, 0.6) is 0 Å². The van der Waals surface area contributed by atoms with Gasteiger partial charge in [-0.2, -0.15) is 0 Å². The van der Waals surface area contributed by atoms with Crippen molar-refractivity contribution in [3.05, 3.63) is 60.4 Å². The van der Waals surface area contributed by atoms with E-state index in [0.717, 1.165) is 5.56 Å². The number of pyridine rings is 1. The number of esters is 1. The van der Waals surface area contributed by atoms with Crippen molar-refractivity contribution in [2.45, 2.75) is 39.8 Å². The van der Waals surface area contributed by atoms with Crippen molar-refractivity contribution in [3.8, 4) is 0 Å². The van der Waals surface area contributed by atoms with Gasteiger partial charge >= 0.3 is 12.1 Å². The molecule has 1 N–H and O–H groups in total. The summed E-state index contributed by atoms with van der Waals surface area (Å²) in [5.41, 5.74) is 1.27. The second kappa shape index (κ2) is 12.3. The van der Waals surface area contributed by atoms with Gasteiger partial charge in [-0.3, -0.25) is 19.5 Å². The zero-order chi connectivity index (χ0) is 22.6. The lowest BCUT2D eigenvalue weighted by Crippen LogP contribution is -2.53. The summed E-state index contributed by atoms with van der Waals surface area (Å²) >= 11 is 0. The Morgan fingerprint density at radius 2 is 1.81 bits per heavy atom. The lowest BCUT2D eigenvalue weighted by atomic mass is 9.97. The predicted octanol–water partition coefficient (Wildman–Crippen LogP) is 3.32. The second-order valence-corrected chi connectivity index (χ2v) is 7.01. The number of benzene rings is 1. The molecular weight excluding hydrogens is 398 g/mol. The van der Waals surface area contributed by atoms with E-state index in [4.69, 9.17) is 9.47 Å². The highest BCUT2D eigenvalue weighted by Crippen LogP contribution is 2.18. The van der Waals surface area contributed by atoms with Gasteiger partial charge in [0.05, 0.1) is 18.5 Å². The van der Waals surface area contributed by atoms with Crippen LogP contribution in [0.25, 0.3) is 0 Å². The highest BCUT2D eigenvalue weighted by molar-refractivity contribution is 6.01. The maximum atomic E-state index is 13.4. The van der Waals surface area contributed by atoms with Crippen LogP contribution in [-0.4, -0.2) is 42.1 Å². The molecule has 2 aromatic rings. The molecule has 8 nitrogen and oxygen atoms in total. The summed E-state index contributed by atoms with van der Waals surface area (Å²) in [7, 11) is 0. The summed E-state index contributed by atoms with van der Waals surface area (Å²) in [6.45, 7) is 5.47. The fourth-order valence-electron chi connectivity index (χ4n) is 2.89. The van der Waals surface area contributed by atoms with Gasteiger partial charge in [0, 0.05) is 6.20 Å². The molecule has 0 aliphatic rings. The first-order valence-corrected chi connectivity index (χ1v) is 10.3. The first-order valence-electron chi connectivity index (χ1n) is 10.3. The monoisotopic (exact) mass is 427 g/mol. The van der Waals surface area contributed by atoms with E-state index in [9.17, 15) is 14.4 Å². The molecule has 31 heavy (non-hydrogen) atoms. The van der Waals surface area contributed by atoms with Gasteiger partial charge in [-0.25, -0.2) is 4.79 Å². The van der Waals surface area contributed by atoms with Crippen LogP contribution in [0.3, 0.4) is 0 Å². The number of nitrogens with zero attached hydrogens (tertiary/aromatic N) is 2. The van der Waals surface area contributed by atoms with Crippen molar-refractivity contribution < 1.29 is 23.9 Å². The highest BCUT2D eigenvalue weighted by atomic mass is 16.5. The van der Waals surface area contributed by atoms with Crippen LogP contribution in [-0.2, 0) is 25.7 Å². The Morgan fingerprint density at radius 1 is 1.06 bits per heavy atom. The molecule has 0 aliphatic carbocycles. The van der Waals surface area contributed by atoms with Gasteiger partial charge < -0.3 is 14.8 Å². The molecule has 2 rings (SSSR count). The number of anilines is 1. The van der Waals surface area contributed by atoms with Crippen LogP contribution < -0.4 is 10.2 Å². The van der Waals surface area contributed by atoms with E-state index in [1.807, 2.05) is 44.2 Å². The lowest BCUT2D eigenvalue weighted by molar-refractivity contribution is -0.142. The van der Waals surface area contributed by atoms with Crippen LogP contribution in [0.4, 0.5) is 10.5 Å². The van der Waals surface area contributed by atoms with E-state index in [-0.39, 0.29) is 25.7 Å². The quantitative estimate of drug-likeness (QED) is 0.584. The number of aromatic nitrogens is 1. The minimum atomic E-state index is -0.886. The van der Waals surface area contributed by atoms with Crippen LogP contribution in [0.1, 0.15) is 32.8 Å². The minimum absolute atomic E-state index is 0.0865. The molecule has 0 bridgehead atoms. The number of nitrogens with one attached hydrogen (secondary N) is 1. The maximum absolute atomic E-state index is 13.4. The molecule has 166 valence electrons. The molecule has 1 aromatic carbocycles. The maximum Gasteiger partial charge on any atom is 0.408 e. The van der Waals surface area contributed by atoms with Crippen LogP contribution in [0.2, 0.25) is 0 Å². The standard InChI is InChI=1S/C23H29N3O5/c1-4-17(3)21(25-23(29)31-16-18-10-7-6-8-11-18)22(28)26(15-20(27)30-5-2)19-12-9-13-24-14-19/h6-14,17,21H,4-5,15-16H2,1-3H3,(H,25,29)/t17-,21-/m0/s1. The number of ether oxygens (including phenoxy) is 2. The molecule has 2 amide bonds. The summed E-state index contributed by atoms with van der Waals surface area (Å²) in [6.07, 6.45) is 2.99. The van der Waals surface area contributed by atoms with E-state index >= 15 is 0 Å². The van der Waals surface area contributed by atoms with Gasteiger partial charge in [0.25, 0.3) is 5.91 Å². The van der Waals surface area contributed by atoms with E-state index in [1.54, 1.807) is 25.3 Å². The van der Waals surface area contributed by atoms with Crippen molar-refractivity contribution in [2.75, 3.05) is 18.1 Å². The third-order valence-electron chi connectivity index (χ3n) is 4.78. The van der Waals surface area contributed by atoms with Gasteiger partial charge in [-0.1, -0.05) is 50.6 Å². The van der Waals surface area contributed by atoms with E-state index < -0.39 is 24.0 Å². The predicted molar refractivity (Wildman–Crippen MR) is 116 cm³/mol. The largest absolute Gasteiger partial charge is 0.465 e. The van der Waals surface area contributed by atoms with Crippen molar-refractivity contribution in [1.29, 1.82) is 0 Å². The van der Waals surface area contributed by atoms with Gasteiger partial charge in [0.1, 0.15) is 19.2 Å². The Morgan fingerprint density at radius 3 is 2.42 bits per heavy atom. The first kappa shape index (κ1) is 23.9. The molecular formula is C23H29N3O5.